The molecule has 17 heavy (non-hydrogen) atoms. The second-order valence-electron chi connectivity index (χ2n) is 4.62. The molecule has 1 aromatic rings. The van der Waals surface area contributed by atoms with Gasteiger partial charge in [-0.1, -0.05) is 12.1 Å². The summed E-state index contributed by atoms with van der Waals surface area (Å²) in [7, 11) is 0. The molecule has 1 fully saturated rings. The predicted molar refractivity (Wildman–Crippen MR) is 64.8 cm³/mol. The fourth-order valence-electron chi connectivity index (χ4n) is 2.22. The van der Waals surface area contributed by atoms with Crippen molar-refractivity contribution in [3.63, 3.8) is 0 Å². The summed E-state index contributed by atoms with van der Waals surface area (Å²) in [5.74, 6) is 1.12. The van der Waals surface area contributed by atoms with Crippen LogP contribution in [0.2, 0.25) is 0 Å². The second kappa shape index (κ2) is 5.08. The van der Waals surface area contributed by atoms with E-state index >= 15 is 0 Å². The zero-order valence-corrected chi connectivity index (χ0v) is 10.9. The van der Waals surface area contributed by atoms with E-state index in [-0.39, 0.29) is 17.9 Å². The van der Waals surface area contributed by atoms with Crippen LogP contribution in [0.25, 0.3) is 0 Å². The van der Waals surface area contributed by atoms with Crippen LogP contribution in [0.15, 0.2) is 10.6 Å². The highest BCUT2D eigenvalue weighted by Gasteiger charge is 2.34. The summed E-state index contributed by atoms with van der Waals surface area (Å²) < 4.78 is 5.27. The maximum absolute atomic E-state index is 12.1. The van der Waals surface area contributed by atoms with E-state index in [1.54, 1.807) is 0 Å². The van der Waals surface area contributed by atoms with Crippen molar-refractivity contribution < 1.29 is 9.32 Å². The Morgan fingerprint density at radius 2 is 2.53 bits per heavy atom. The van der Waals surface area contributed by atoms with Gasteiger partial charge in [0.15, 0.2) is 5.76 Å². The minimum absolute atomic E-state index is 0.0365. The molecule has 0 saturated carbocycles. The number of carbonyl (C=O) groups excluding carboxylic acids is 1. The zero-order chi connectivity index (χ0) is 12.4. The summed E-state index contributed by atoms with van der Waals surface area (Å²) in [4.78, 5) is 14.0. The number of halogens is 1. The van der Waals surface area contributed by atoms with E-state index in [4.69, 9.17) is 16.1 Å². The van der Waals surface area contributed by atoms with E-state index in [9.17, 15) is 4.79 Å². The molecule has 0 radical (unpaired) electrons. The topological polar surface area (TPSA) is 46.3 Å². The Balaban J connectivity index is 2.15. The number of nitrogens with zero attached hydrogens (tertiary/aromatic N) is 2. The lowest BCUT2D eigenvalue weighted by Crippen LogP contribution is -2.35. The maximum Gasteiger partial charge on any atom is 0.227 e. The number of hydrogen-bond acceptors (Lipinski definition) is 3. The molecule has 0 bridgehead atoms. The van der Waals surface area contributed by atoms with Crippen LogP contribution in [0.3, 0.4) is 0 Å². The lowest BCUT2D eigenvalue weighted by molar-refractivity contribution is -0.135. The van der Waals surface area contributed by atoms with Crippen LogP contribution in [0.5, 0.6) is 0 Å². The number of carbonyl (C=O) groups is 1. The summed E-state index contributed by atoms with van der Waals surface area (Å²) in [6.07, 6.45) is 1.94. The van der Waals surface area contributed by atoms with Crippen molar-refractivity contribution in [2.45, 2.75) is 32.7 Å². The zero-order valence-electron chi connectivity index (χ0n) is 10.1. The number of aryl methyl sites for hydroxylation is 1. The Morgan fingerprint density at radius 1 is 1.76 bits per heavy atom. The highest BCUT2D eigenvalue weighted by molar-refractivity contribution is 6.19. The van der Waals surface area contributed by atoms with Crippen molar-refractivity contribution in [1.29, 1.82) is 0 Å². The summed E-state index contributed by atoms with van der Waals surface area (Å²) >= 11 is 5.74. The first-order chi connectivity index (χ1) is 8.13. The predicted octanol–water partition coefficient (Wildman–Crippen LogP) is 2.52. The highest BCUT2D eigenvalue weighted by Crippen LogP contribution is 2.33. The summed E-state index contributed by atoms with van der Waals surface area (Å²) in [6.45, 7) is 4.52. The first kappa shape index (κ1) is 12.4. The molecule has 0 N–H and O–H groups in total. The molecule has 4 nitrogen and oxygen atoms in total. The van der Waals surface area contributed by atoms with Crippen LogP contribution < -0.4 is 0 Å². The van der Waals surface area contributed by atoms with Crippen LogP contribution >= 0.6 is 11.6 Å². The fraction of sp³-hybridized carbons (Fsp3) is 0.667. The van der Waals surface area contributed by atoms with Gasteiger partial charge in [0.25, 0.3) is 0 Å². The summed E-state index contributed by atoms with van der Waals surface area (Å²) in [5, 5.41) is 3.88. The normalized spacial score (nSPS) is 21.8. The van der Waals surface area contributed by atoms with Crippen molar-refractivity contribution in [1.82, 2.24) is 10.1 Å². The molecule has 0 aromatic carbocycles. The van der Waals surface area contributed by atoms with E-state index in [1.165, 1.54) is 0 Å². The quantitative estimate of drug-likeness (QED) is 0.781. The SMILES string of the molecule is Cc1cc(C2CCCN2C(=O)C(C)CCl)on1. The van der Waals surface area contributed by atoms with Crippen LogP contribution in [-0.2, 0) is 4.79 Å². The first-order valence-corrected chi connectivity index (χ1v) is 6.46. The Kier molecular flexibility index (Phi) is 3.72. The number of rotatable bonds is 3. The van der Waals surface area contributed by atoms with Gasteiger partial charge in [-0.25, -0.2) is 0 Å². The minimum atomic E-state index is -0.138. The molecule has 94 valence electrons. The van der Waals surface area contributed by atoms with Crippen molar-refractivity contribution in [3.05, 3.63) is 17.5 Å². The maximum atomic E-state index is 12.1. The number of aromatic nitrogens is 1. The van der Waals surface area contributed by atoms with E-state index in [2.05, 4.69) is 5.16 Å². The molecule has 1 amide bonds. The van der Waals surface area contributed by atoms with E-state index < -0.39 is 0 Å². The summed E-state index contributed by atoms with van der Waals surface area (Å²) in [6, 6.07) is 1.94. The average molecular weight is 257 g/mol. The van der Waals surface area contributed by atoms with Gasteiger partial charge in [-0.15, -0.1) is 11.6 Å². The number of amides is 1. The van der Waals surface area contributed by atoms with Crippen LogP contribution in [0, 0.1) is 12.8 Å². The first-order valence-electron chi connectivity index (χ1n) is 5.93. The van der Waals surface area contributed by atoms with Crippen LogP contribution in [0.1, 0.15) is 37.3 Å². The Hall–Kier alpha value is -1.03. The number of hydrogen-bond donors (Lipinski definition) is 0. The van der Waals surface area contributed by atoms with Gasteiger partial charge in [0.1, 0.15) is 0 Å². The van der Waals surface area contributed by atoms with Gasteiger partial charge < -0.3 is 9.42 Å². The Labute approximate surface area is 106 Å². The number of alkyl halides is 1. The van der Waals surface area contributed by atoms with Gasteiger partial charge in [0.2, 0.25) is 5.91 Å². The van der Waals surface area contributed by atoms with E-state index in [0.717, 1.165) is 30.8 Å². The van der Waals surface area contributed by atoms with E-state index in [0.29, 0.717) is 5.88 Å². The van der Waals surface area contributed by atoms with Gasteiger partial charge in [-0.3, -0.25) is 4.79 Å². The third kappa shape index (κ3) is 2.46. The molecular formula is C12H17ClN2O2. The van der Waals surface area contributed by atoms with Crippen molar-refractivity contribution in [2.75, 3.05) is 12.4 Å². The Bertz CT molecular complexity index is 405. The highest BCUT2D eigenvalue weighted by atomic mass is 35.5. The average Bonchev–Trinajstić information content (AvgIpc) is 2.94. The van der Waals surface area contributed by atoms with Gasteiger partial charge in [-0.05, 0) is 19.8 Å². The summed E-state index contributed by atoms with van der Waals surface area (Å²) in [5.41, 5.74) is 0.852. The molecule has 2 unspecified atom stereocenters. The minimum Gasteiger partial charge on any atom is -0.359 e. The molecular weight excluding hydrogens is 240 g/mol. The molecule has 1 saturated heterocycles. The van der Waals surface area contributed by atoms with Crippen molar-refractivity contribution >= 4 is 17.5 Å². The standard InChI is InChI=1S/C12H17ClN2O2/c1-8(7-13)12(16)15-5-3-4-10(15)11-6-9(2)14-17-11/h6,8,10H,3-5,7H2,1-2H3. The van der Waals surface area contributed by atoms with Gasteiger partial charge in [0.05, 0.1) is 11.7 Å². The lowest BCUT2D eigenvalue weighted by atomic mass is 10.1. The van der Waals surface area contributed by atoms with Gasteiger partial charge in [0, 0.05) is 24.4 Å². The molecule has 1 aliphatic rings. The largest absolute Gasteiger partial charge is 0.359 e. The molecule has 2 rings (SSSR count). The second-order valence-corrected chi connectivity index (χ2v) is 4.92. The number of likely N-dealkylation sites (tertiary alicyclic amines) is 1. The monoisotopic (exact) mass is 256 g/mol. The molecule has 0 spiro atoms. The molecule has 0 aliphatic carbocycles. The van der Waals surface area contributed by atoms with Crippen molar-refractivity contribution in [2.24, 2.45) is 5.92 Å². The fourth-order valence-corrected chi connectivity index (χ4v) is 2.35. The Morgan fingerprint density at radius 3 is 3.12 bits per heavy atom. The van der Waals surface area contributed by atoms with Gasteiger partial charge >= 0.3 is 0 Å². The third-order valence-electron chi connectivity index (χ3n) is 3.16. The van der Waals surface area contributed by atoms with Gasteiger partial charge in [-0.2, -0.15) is 0 Å². The van der Waals surface area contributed by atoms with Crippen LogP contribution in [-0.4, -0.2) is 28.4 Å². The third-order valence-corrected chi connectivity index (χ3v) is 3.63. The molecule has 5 heteroatoms. The molecule has 1 aromatic heterocycles. The smallest absolute Gasteiger partial charge is 0.227 e. The molecule has 2 atom stereocenters. The van der Waals surface area contributed by atoms with Crippen molar-refractivity contribution in [3.8, 4) is 0 Å². The molecule has 2 heterocycles. The van der Waals surface area contributed by atoms with Crippen LogP contribution in [0.4, 0.5) is 0 Å². The van der Waals surface area contributed by atoms with E-state index in [1.807, 2.05) is 24.8 Å². The molecule has 1 aliphatic heterocycles. The lowest BCUT2D eigenvalue weighted by Gasteiger charge is -2.25.